The van der Waals surface area contributed by atoms with Crippen LogP contribution in [0.2, 0.25) is 0 Å². The molecule has 18 heavy (non-hydrogen) atoms. The van der Waals surface area contributed by atoms with Crippen LogP contribution in [-0.2, 0) is 6.42 Å². The first-order valence-electron chi connectivity index (χ1n) is 5.28. The average molecular weight is 436 g/mol. The highest BCUT2D eigenvalue weighted by Gasteiger charge is 2.10. The molecule has 0 radical (unpaired) electrons. The number of aliphatic hydroxyl groups excluding tert-OH is 1. The van der Waals surface area contributed by atoms with Crippen molar-refractivity contribution in [3.63, 3.8) is 0 Å². The van der Waals surface area contributed by atoms with E-state index in [4.69, 9.17) is 0 Å². The Balaban J connectivity index is 2.19. The van der Waals surface area contributed by atoms with Crippen LogP contribution in [-0.4, -0.2) is 10.1 Å². The van der Waals surface area contributed by atoms with Crippen LogP contribution >= 0.6 is 47.8 Å². The van der Waals surface area contributed by atoms with Crippen LogP contribution < -0.4 is 0 Å². The van der Waals surface area contributed by atoms with Gasteiger partial charge in [-0.1, -0.05) is 31.9 Å². The molecule has 0 saturated heterocycles. The Hall–Kier alpha value is -0.230. The van der Waals surface area contributed by atoms with Crippen LogP contribution in [0.3, 0.4) is 0 Å². The van der Waals surface area contributed by atoms with Crippen LogP contribution in [0.4, 0.5) is 0 Å². The molecular weight excluding hydrogens is 426 g/mol. The first kappa shape index (κ1) is 14.2. The lowest BCUT2D eigenvalue weighted by Crippen LogP contribution is -2.02. The van der Waals surface area contributed by atoms with Crippen molar-refractivity contribution < 1.29 is 5.11 Å². The smallest absolute Gasteiger partial charge is 0.0831 e. The molecule has 0 fully saturated rings. The van der Waals surface area contributed by atoms with Crippen LogP contribution in [0, 0.1) is 0 Å². The van der Waals surface area contributed by atoms with Crippen molar-refractivity contribution in [2.24, 2.45) is 0 Å². The third kappa shape index (κ3) is 3.88. The van der Waals surface area contributed by atoms with E-state index in [0.717, 1.165) is 24.5 Å². The number of rotatable bonds is 3. The maximum Gasteiger partial charge on any atom is 0.0831 e. The second-order valence-corrected chi connectivity index (χ2v) is 6.68. The third-order valence-corrected chi connectivity index (χ3v) is 3.81. The molecule has 5 heteroatoms. The number of nitrogens with zero attached hydrogens (tertiary/aromatic N) is 1. The Kier molecular flexibility index (Phi) is 4.95. The summed E-state index contributed by atoms with van der Waals surface area (Å²) in [5.74, 6) is 0. The summed E-state index contributed by atoms with van der Waals surface area (Å²) in [5.41, 5.74) is 1.86. The van der Waals surface area contributed by atoms with E-state index in [-0.39, 0.29) is 0 Å². The Morgan fingerprint density at radius 2 is 1.61 bits per heavy atom. The van der Waals surface area contributed by atoms with Crippen LogP contribution in [0.1, 0.15) is 17.2 Å². The van der Waals surface area contributed by atoms with Gasteiger partial charge < -0.3 is 5.11 Å². The molecule has 0 aliphatic rings. The molecule has 1 aromatic carbocycles. The molecule has 1 atom stereocenters. The number of hydrogen-bond acceptors (Lipinski definition) is 2. The fourth-order valence-corrected chi connectivity index (χ4v) is 3.42. The predicted octanol–water partition coefficient (Wildman–Crippen LogP) is 4.65. The molecule has 2 rings (SSSR count). The molecule has 2 aromatic rings. The van der Waals surface area contributed by atoms with E-state index < -0.39 is 6.10 Å². The highest BCUT2D eigenvalue weighted by Crippen LogP contribution is 2.26. The molecule has 94 valence electrons. The topological polar surface area (TPSA) is 33.1 Å². The maximum atomic E-state index is 10.2. The van der Waals surface area contributed by atoms with E-state index in [0.29, 0.717) is 6.42 Å². The van der Waals surface area contributed by atoms with Gasteiger partial charge in [0.1, 0.15) is 0 Å². The Bertz CT molecular complexity index is 539. The standard InChI is InChI=1S/C13H10Br3NO/c14-10-3-9(4-11(15)5-10)13(18)2-8-1-12(16)7-17-6-8/h1,3-7,13,18H,2H2. The molecule has 2 nitrogen and oxygen atoms in total. The third-order valence-electron chi connectivity index (χ3n) is 2.46. The van der Waals surface area contributed by atoms with Crippen molar-refractivity contribution in [2.45, 2.75) is 12.5 Å². The van der Waals surface area contributed by atoms with Gasteiger partial charge in [0.25, 0.3) is 0 Å². The fourth-order valence-electron chi connectivity index (χ4n) is 1.68. The van der Waals surface area contributed by atoms with Crippen molar-refractivity contribution in [3.8, 4) is 0 Å². The molecule has 0 spiro atoms. The van der Waals surface area contributed by atoms with Gasteiger partial charge in [0, 0.05) is 32.2 Å². The number of hydrogen-bond donors (Lipinski definition) is 1. The molecule has 0 bridgehead atoms. The monoisotopic (exact) mass is 433 g/mol. The molecule has 1 N–H and O–H groups in total. The molecule has 1 heterocycles. The summed E-state index contributed by atoms with van der Waals surface area (Å²) < 4.78 is 2.80. The number of pyridine rings is 1. The van der Waals surface area contributed by atoms with E-state index in [2.05, 4.69) is 52.8 Å². The second kappa shape index (κ2) is 6.28. The van der Waals surface area contributed by atoms with E-state index in [1.165, 1.54) is 0 Å². The van der Waals surface area contributed by atoms with Crippen molar-refractivity contribution in [3.05, 3.63) is 61.2 Å². The predicted molar refractivity (Wildman–Crippen MR) is 82.4 cm³/mol. The summed E-state index contributed by atoms with van der Waals surface area (Å²) in [7, 11) is 0. The fraction of sp³-hybridized carbons (Fsp3) is 0.154. The molecule has 0 aliphatic carbocycles. The highest BCUT2D eigenvalue weighted by atomic mass is 79.9. The molecule has 1 aromatic heterocycles. The number of aliphatic hydroxyl groups is 1. The van der Waals surface area contributed by atoms with E-state index in [9.17, 15) is 5.11 Å². The van der Waals surface area contributed by atoms with Crippen LogP contribution in [0.25, 0.3) is 0 Å². The second-order valence-electron chi connectivity index (χ2n) is 3.93. The Morgan fingerprint density at radius 3 is 2.22 bits per heavy atom. The van der Waals surface area contributed by atoms with E-state index in [1.54, 1.807) is 12.4 Å². The van der Waals surface area contributed by atoms with Gasteiger partial charge in [-0.25, -0.2) is 0 Å². The lowest BCUT2D eigenvalue weighted by molar-refractivity contribution is 0.178. The summed E-state index contributed by atoms with van der Waals surface area (Å²) in [6, 6.07) is 7.74. The van der Waals surface area contributed by atoms with Crippen molar-refractivity contribution >= 4 is 47.8 Å². The molecule has 1 unspecified atom stereocenters. The highest BCUT2D eigenvalue weighted by molar-refractivity contribution is 9.11. The van der Waals surface area contributed by atoms with Crippen LogP contribution in [0.5, 0.6) is 0 Å². The van der Waals surface area contributed by atoms with Gasteiger partial charge in [-0.3, -0.25) is 4.98 Å². The van der Waals surface area contributed by atoms with Gasteiger partial charge >= 0.3 is 0 Å². The van der Waals surface area contributed by atoms with Gasteiger partial charge in [0.15, 0.2) is 0 Å². The van der Waals surface area contributed by atoms with E-state index in [1.807, 2.05) is 24.3 Å². The minimum atomic E-state index is -0.546. The zero-order valence-corrected chi connectivity index (χ0v) is 14.0. The van der Waals surface area contributed by atoms with Gasteiger partial charge in [0.05, 0.1) is 6.10 Å². The lowest BCUT2D eigenvalue weighted by Gasteiger charge is -2.12. The summed E-state index contributed by atoms with van der Waals surface area (Å²) in [6.07, 6.45) is 3.48. The van der Waals surface area contributed by atoms with Gasteiger partial charge in [0.2, 0.25) is 0 Å². The normalized spacial score (nSPS) is 12.4. The first-order valence-corrected chi connectivity index (χ1v) is 7.66. The Labute approximate surface area is 131 Å². The molecule has 0 amide bonds. The van der Waals surface area contributed by atoms with E-state index >= 15 is 0 Å². The van der Waals surface area contributed by atoms with Gasteiger partial charge in [-0.15, -0.1) is 0 Å². The quantitative estimate of drug-likeness (QED) is 0.761. The molecule has 0 saturated carbocycles. The summed E-state index contributed by atoms with van der Waals surface area (Å²) in [5, 5.41) is 10.2. The minimum absolute atomic E-state index is 0.537. The van der Waals surface area contributed by atoms with Gasteiger partial charge in [-0.2, -0.15) is 0 Å². The molecular formula is C13H10Br3NO. The van der Waals surface area contributed by atoms with Gasteiger partial charge in [-0.05, 0) is 51.3 Å². The van der Waals surface area contributed by atoms with Crippen molar-refractivity contribution in [1.82, 2.24) is 4.98 Å². The lowest BCUT2D eigenvalue weighted by atomic mass is 10.0. The minimum Gasteiger partial charge on any atom is -0.388 e. The Morgan fingerprint density at radius 1 is 0.944 bits per heavy atom. The largest absolute Gasteiger partial charge is 0.388 e. The first-order chi connectivity index (χ1) is 8.54. The van der Waals surface area contributed by atoms with Crippen LogP contribution in [0.15, 0.2) is 50.1 Å². The number of halogens is 3. The average Bonchev–Trinajstić information content (AvgIpc) is 2.27. The van der Waals surface area contributed by atoms with Crippen molar-refractivity contribution in [1.29, 1.82) is 0 Å². The number of aromatic nitrogens is 1. The summed E-state index contributed by atoms with van der Waals surface area (Å²) in [6.45, 7) is 0. The zero-order valence-electron chi connectivity index (χ0n) is 9.28. The number of benzene rings is 1. The SMILES string of the molecule is OC(Cc1cncc(Br)c1)c1cc(Br)cc(Br)c1. The molecule has 0 aliphatic heterocycles. The maximum absolute atomic E-state index is 10.2. The summed E-state index contributed by atoms with van der Waals surface area (Å²) >= 11 is 10.2. The van der Waals surface area contributed by atoms with Crippen molar-refractivity contribution in [2.75, 3.05) is 0 Å². The summed E-state index contributed by atoms with van der Waals surface area (Å²) in [4.78, 5) is 4.09. The zero-order chi connectivity index (χ0) is 13.1.